The largest absolute Gasteiger partial charge is 0.496 e. The van der Waals surface area contributed by atoms with E-state index in [-0.39, 0.29) is 18.9 Å². The Hall–Kier alpha value is -3.59. The van der Waals surface area contributed by atoms with E-state index in [9.17, 15) is 9.59 Å². The van der Waals surface area contributed by atoms with Crippen molar-refractivity contribution in [1.29, 1.82) is 5.26 Å². The van der Waals surface area contributed by atoms with Gasteiger partial charge in [-0.05, 0) is 17.7 Å². The second kappa shape index (κ2) is 10.5. The fraction of sp³-hybridized carbons (Fsp3) is 0.227. The van der Waals surface area contributed by atoms with E-state index in [4.69, 9.17) is 14.7 Å². The number of likely N-dealkylation sites (N-methyl/N-ethyl adjacent to an activating group) is 1. The number of carbonyl (C=O) groups is 2. The number of methoxy groups -OCH3 is 1. The molecule has 0 aliphatic heterocycles. The highest BCUT2D eigenvalue weighted by Gasteiger charge is 2.17. The average molecular weight is 378 g/mol. The number of nitriles is 1. The number of rotatable bonds is 8. The third kappa shape index (κ3) is 5.71. The van der Waals surface area contributed by atoms with Crippen LogP contribution >= 0.6 is 0 Å². The van der Waals surface area contributed by atoms with Crippen molar-refractivity contribution in [2.45, 2.75) is 6.42 Å². The molecule has 0 heterocycles. The number of amides is 1. The molecular formula is C22H22N2O4. The van der Waals surface area contributed by atoms with Crippen molar-refractivity contribution < 1.29 is 19.1 Å². The summed E-state index contributed by atoms with van der Waals surface area (Å²) in [5.41, 5.74) is 1.71. The van der Waals surface area contributed by atoms with Crippen molar-refractivity contribution in [2.75, 3.05) is 27.3 Å². The van der Waals surface area contributed by atoms with Crippen LogP contribution in [0.1, 0.15) is 17.5 Å². The van der Waals surface area contributed by atoms with E-state index in [2.05, 4.69) is 0 Å². The molecule has 0 unspecified atom stereocenters. The molecule has 0 aliphatic carbocycles. The molecule has 1 amide bonds. The Morgan fingerprint density at radius 3 is 2.46 bits per heavy atom. The van der Waals surface area contributed by atoms with Gasteiger partial charge in [-0.15, -0.1) is 0 Å². The van der Waals surface area contributed by atoms with E-state index >= 15 is 0 Å². The number of nitrogens with zero attached hydrogens (tertiary/aromatic N) is 2. The summed E-state index contributed by atoms with van der Waals surface area (Å²) in [5.74, 6) is -0.358. The first-order valence-electron chi connectivity index (χ1n) is 8.75. The number of hydrogen-bond acceptors (Lipinski definition) is 5. The summed E-state index contributed by atoms with van der Waals surface area (Å²) in [5, 5.41) is 8.61. The second-order valence-electron chi connectivity index (χ2n) is 5.97. The molecule has 6 heteroatoms. The molecule has 0 saturated heterocycles. The lowest BCUT2D eigenvalue weighted by molar-refractivity contribution is -0.146. The molecule has 0 aromatic heterocycles. The van der Waals surface area contributed by atoms with Crippen LogP contribution in [0.2, 0.25) is 0 Å². The molecular weight excluding hydrogens is 356 g/mol. The molecule has 0 atom stereocenters. The van der Waals surface area contributed by atoms with E-state index in [0.29, 0.717) is 16.9 Å². The molecule has 2 rings (SSSR count). The lowest BCUT2D eigenvalue weighted by Gasteiger charge is -2.16. The van der Waals surface area contributed by atoms with Crippen LogP contribution in [0, 0.1) is 11.3 Å². The molecule has 0 N–H and O–H groups in total. The Kier molecular flexibility index (Phi) is 7.79. The number of carbonyl (C=O) groups excluding carboxylic acids is 2. The van der Waals surface area contributed by atoms with Gasteiger partial charge in [-0.1, -0.05) is 48.5 Å². The molecule has 28 heavy (non-hydrogen) atoms. The summed E-state index contributed by atoms with van der Waals surface area (Å²) in [6.45, 7) is -0.105. The number of esters is 1. The quantitative estimate of drug-likeness (QED) is 0.400. The number of ether oxygens (including phenoxy) is 2. The Morgan fingerprint density at radius 2 is 1.79 bits per heavy atom. The van der Waals surface area contributed by atoms with Crippen LogP contribution in [0.4, 0.5) is 0 Å². The fourth-order valence-electron chi connectivity index (χ4n) is 2.48. The molecule has 0 bridgehead atoms. The minimum atomic E-state index is -0.612. The topological polar surface area (TPSA) is 79.6 Å². The van der Waals surface area contributed by atoms with Crippen molar-refractivity contribution in [1.82, 2.24) is 4.90 Å². The van der Waals surface area contributed by atoms with E-state index in [1.54, 1.807) is 38.4 Å². The summed E-state index contributed by atoms with van der Waals surface area (Å²) < 4.78 is 10.6. The standard InChI is InChI=1S/C22H22N2O4/c1-24(14-8-13-23)21(25)16-28-22(26)19(17-9-4-3-5-10-17)15-18-11-6-7-12-20(18)27-2/h3-7,9-12,15H,8,14,16H2,1-2H3/b19-15+. The molecule has 144 valence electrons. The normalized spacial score (nSPS) is 10.7. The Morgan fingerprint density at radius 1 is 1.11 bits per heavy atom. The van der Waals surface area contributed by atoms with Crippen molar-refractivity contribution >= 4 is 23.5 Å². The van der Waals surface area contributed by atoms with Gasteiger partial charge >= 0.3 is 5.97 Å². The fourth-order valence-corrected chi connectivity index (χ4v) is 2.48. The summed E-state index contributed by atoms with van der Waals surface area (Å²) in [6.07, 6.45) is 1.90. The highest BCUT2D eigenvalue weighted by atomic mass is 16.5. The van der Waals surface area contributed by atoms with Crippen molar-refractivity contribution in [3.63, 3.8) is 0 Å². The zero-order valence-corrected chi connectivity index (χ0v) is 15.9. The molecule has 2 aromatic rings. The average Bonchev–Trinajstić information content (AvgIpc) is 2.74. The van der Waals surface area contributed by atoms with Crippen molar-refractivity contribution in [2.24, 2.45) is 0 Å². The molecule has 0 saturated carbocycles. The maximum atomic E-state index is 12.7. The molecule has 0 aliphatic rings. The Bertz CT molecular complexity index is 885. The van der Waals surface area contributed by atoms with E-state index in [1.165, 1.54) is 4.90 Å². The molecule has 0 fully saturated rings. The maximum absolute atomic E-state index is 12.7. The van der Waals surface area contributed by atoms with Gasteiger partial charge in [-0.3, -0.25) is 4.79 Å². The van der Waals surface area contributed by atoms with Crippen LogP contribution in [-0.2, 0) is 14.3 Å². The first-order valence-corrected chi connectivity index (χ1v) is 8.75. The highest BCUT2D eigenvalue weighted by Crippen LogP contribution is 2.25. The van der Waals surface area contributed by atoms with Gasteiger partial charge in [0.25, 0.3) is 5.91 Å². The van der Waals surface area contributed by atoms with Gasteiger partial charge in [0.15, 0.2) is 6.61 Å². The smallest absolute Gasteiger partial charge is 0.339 e. The third-order valence-electron chi connectivity index (χ3n) is 4.05. The minimum Gasteiger partial charge on any atom is -0.496 e. The predicted octanol–water partition coefficient (Wildman–Crippen LogP) is 3.15. The SMILES string of the molecule is COc1ccccc1/C=C(/C(=O)OCC(=O)N(C)CCC#N)c1ccccc1. The van der Waals surface area contributed by atoms with Gasteiger partial charge in [-0.25, -0.2) is 4.79 Å². The van der Waals surface area contributed by atoms with Crippen LogP contribution in [0.3, 0.4) is 0 Å². The van der Waals surface area contributed by atoms with Crippen molar-refractivity contribution in [3.8, 4) is 11.8 Å². The van der Waals surface area contributed by atoms with Crippen LogP contribution in [-0.4, -0.2) is 44.1 Å². The number of para-hydroxylation sites is 1. The predicted molar refractivity (Wildman–Crippen MR) is 106 cm³/mol. The number of hydrogen-bond donors (Lipinski definition) is 0. The van der Waals surface area contributed by atoms with Gasteiger partial charge in [0.2, 0.25) is 0 Å². The zero-order chi connectivity index (χ0) is 20.4. The van der Waals surface area contributed by atoms with Crippen LogP contribution < -0.4 is 4.74 Å². The van der Waals surface area contributed by atoms with Gasteiger partial charge in [0.1, 0.15) is 5.75 Å². The Balaban J connectivity index is 2.23. The second-order valence-corrected chi connectivity index (χ2v) is 5.97. The lowest BCUT2D eigenvalue weighted by atomic mass is 10.0. The monoisotopic (exact) mass is 378 g/mol. The first kappa shape index (κ1) is 20.7. The summed E-state index contributed by atoms with van der Waals surface area (Å²) >= 11 is 0. The van der Waals surface area contributed by atoms with E-state index in [0.717, 1.165) is 5.56 Å². The van der Waals surface area contributed by atoms with Gasteiger partial charge in [0, 0.05) is 19.2 Å². The first-order chi connectivity index (χ1) is 13.6. The highest BCUT2D eigenvalue weighted by molar-refractivity contribution is 6.22. The van der Waals surface area contributed by atoms with Gasteiger partial charge in [0.05, 0.1) is 25.2 Å². The molecule has 0 spiro atoms. The van der Waals surface area contributed by atoms with E-state index < -0.39 is 12.6 Å². The summed E-state index contributed by atoms with van der Waals surface area (Å²) in [4.78, 5) is 26.2. The zero-order valence-electron chi connectivity index (χ0n) is 15.9. The van der Waals surface area contributed by atoms with Crippen LogP contribution in [0.5, 0.6) is 5.75 Å². The van der Waals surface area contributed by atoms with E-state index in [1.807, 2.05) is 42.5 Å². The summed E-state index contributed by atoms with van der Waals surface area (Å²) in [6, 6.07) is 18.4. The van der Waals surface area contributed by atoms with Crippen molar-refractivity contribution in [3.05, 3.63) is 65.7 Å². The Labute approximate surface area is 164 Å². The summed E-state index contributed by atoms with van der Waals surface area (Å²) in [7, 11) is 3.12. The molecule has 2 aromatic carbocycles. The molecule has 0 radical (unpaired) electrons. The number of benzene rings is 2. The van der Waals surface area contributed by atoms with Crippen LogP contribution in [0.15, 0.2) is 54.6 Å². The third-order valence-corrected chi connectivity index (χ3v) is 4.05. The van der Waals surface area contributed by atoms with Crippen LogP contribution in [0.25, 0.3) is 11.6 Å². The van der Waals surface area contributed by atoms with Gasteiger partial charge in [-0.2, -0.15) is 5.26 Å². The molecule has 6 nitrogen and oxygen atoms in total. The minimum absolute atomic E-state index is 0.221. The lowest BCUT2D eigenvalue weighted by Crippen LogP contribution is -2.32. The van der Waals surface area contributed by atoms with Gasteiger partial charge < -0.3 is 14.4 Å². The maximum Gasteiger partial charge on any atom is 0.339 e.